The van der Waals surface area contributed by atoms with Crippen LogP contribution in [0, 0.1) is 0 Å². The van der Waals surface area contributed by atoms with Crippen LogP contribution in [0.1, 0.15) is 17.3 Å². The van der Waals surface area contributed by atoms with E-state index in [2.05, 4.69) is 5.43 Å². The van der Waals surface area contributed by atoms with Crippen molar-refractivity contribution in [1.29, 1.82) is 0 Å². The second kappa shape index (κ2) is 5.66. The molecule has 1 aromatic heterocycles. The molecule has 0 saturated carbocycles. The molecule has 0 radical (unpaired) electrons. The highest BCUT2D eigenvalue weighted by Gasteiger charge is 2.17. The van der Waals surface area contributed by atoms with Crippen LogP contribution in [0.15, 0.2) is 36.4 Å². The molecule has 1 heterocycles. The third-order valence-corrected chi connectivity index (χ3v) is 3.53. The lowest BCUT2D eigenvalue weighted by molar-refractivity contribution is 0.0528. The molecular formula is C13H14N2O2S. The predicted molar refractivity (Wildman–Crippen MR) is 73.5 cm³/mol. The lowest BCUT2D eigenvalue weighted by Gasteiger charge is -2.01. The molecule has 0 aliphatic carbocycles. The molecule has 94 valence electrons. The van der Waals surface area contributed by atoms with E-state index < -0.39 is 0 Å². The van der Waals surface area contributed by atoms with Crippen molar-refractivity contribution in [3.8, 4) is 10.4 Å². The van der Waals surface area contributed by atoms with Gasteiger partial charge in [0.25, 0.3) is 0 Å². The normalized spacial score (nSPS) is 10.1. The Morgan fingerprint density at radius 2 is 2.11 bits per heavy atom. The highest BCUT2D eigenvalue weighted by Crippen LogP contribution is 2.35. The van der Waals surface area contributed by atoms with Crippen molar-refractivity contribution in [2.75, 3.05) is 12.0 Å². The highest BCUT2D eigenvalue weighted by atomic mass is 32.1. The number of nitrogens with one attached hydrogen (secondary N) is 1. The first-order valence-corrected chi connectivity index (χ1v) is 6.41. The van der Waals surface area contributed by atoms with Crippen molar-refractivity contribution in [2.45, 2.75) is 6.92 Å². The quantitative estimate of drug-likeness (QED) is 0.505. The van der Waals surface area contributed by atoms with Gasteiger partial charge in [-0.2, -0.15) is 0 Å². The van der Waals surface area contributed by atoms with E-state index in [1.165, 1.54) is 11.3 Å². The smallest absolute Gasteiger partial charge is 0.341 e. The summed E-state index contributed by atoms with van der Waals surface area (Å²) in [4.78, 5) is 12.7. The van der Waals surface area contributed by atoms with Crippen LogP contribution < -0.4 is 11.3 Å². The van der Waals surface area contributed by atoms with E-state index in [0.717, 1.165) is 10.4 Å². The van der Waals surface area contributed by atoms with E-state index in [-0.39, 0.29) is 5.97 Å². The molecule has 4 nitrogen and oxygen atoms in total. The number of nitrogens with two attached hydrogens (primary N) is 1. The zero-order valence-electron chi connectivity index (χ0n) is 9.97. The van der Waals surface area contributed by atoms with Gasteiger partial charge in [-0.05, 0) is 18.6 Å². The monoisotopic (exact) mass is 262 g/mol. The van der Waals surface area contributed by atoms with Crippen molar-refractivity contribution < 1.29 is 9.53 Å². The second-order valence-electron chi connectivity index (χ2n) is 3.58. The molecule has 0 aliphatic rings. The fraction of sp³-hybridized carbons (Fsp3) is 0.154. The molecule has 5 heteroatoms. The number of carbonyl (C=O) groups is 1. The van der Waals surface area contributed by atoms with Crippen LogP contribution in [0.2, 0.25) is 0 Å². The van der Waals surface area contributed by atoms with Crippen molar-refractivity contribution in [1.82, 2.24) is 0 Å². The summed E-state index contributed by atoms with van der Waals surface area (Å²) >= 11 is 1.43. The maximum absolute atomic E-state index is 11.8. The van der Waals surface area contributed by atoms with Gasteiger partial charge < -0.3 is 10.2 Å². The molecule has 0 aliphatic heterocycles. The molecule has 1 aromatic carbocycles. The van der Waals surface area contributed by atoms with Gasteiger partial charge in [0.15, 0.2) is 0 Å². The number of rotatable bonds is 4. The Morgan fingerprint density at radius 3 is 2.72 bits per heavy atom. The van der Waals surface area contributed by atoms with Crippen molar-refractivity contribution in [3.63, 3.8) is 0 Å². The molecule has 2 aromatic rings. The first-order chi connectivity index (χ1) is 8.76. The number of benzene rings is 1. The van der Waals surface area contributed by atoms with Crippen molar-refractivity contribution >= 4 is 22.3 Å². The number of anilines is 1. The Kier molecular flexibility index (Phi) is 3.96. The molecule has 0 atom stereocenters. The summed E-state index contributed by atoms with van der Waals surface area (Å²) in [5.74, 6) is 5.07. The van der Waals surface area contributed by atoms with Gasteiger partial charge in [-0.15, -0.1) is 11.3 Å². The van der Waals surface area contributed by atoms with Crippen LogP contribution in [0.4, 0.5) is 5.00 Å². The number of thiophene rings is 1. The van der Waals surface area contributed by atoms with Crippen LogP contribution in [-0.4, -0.2) is 12.6 Å². The number of hydrazine groups is 1. The minimum Gasteiger partial charge on any atom is -0.462 e. The lowest BCUT2D eigenvalue weighted by atomic mass is 10.1. The number of carbonyl (C=O) groups excluding carboxylic acids is 1. The summed E-state index contributed by atoms with van der Waals surface area (Å²) in [6.07, 6.45) is 0. The Morgan fingerprint density at radius 1 is 1.39 bits per heavy atom. The summed E-state index contributed by atoms with van der Waals surface area (Å²) in [7, 11) is 0. The van der Waals surface area contributed by atoms with E-state index in [1.807, 2.05) is 30.3 Å². The highest BCUT2D eigenvalue weighted by molar-refractivity contribution is 7.19. The number of nitrogen functional groups attached to an aromatic ring is 1. The summed E-state index contributed by atoms with van der Waals surface area (Å²) in [6.45, 7) is 2.12. The first-order valence-electron chi connectivity index (χ1n) is 5.59. The van der Waals surface area contributed by atoms with Gasteiger partial charge in [-0.25, -0.2) is 10.6 Å². The average Bonchev–Trinajstić information content (AvgIpc) is 2.84. The van der Waals surface area contributed by atoms with E-state index in [1.54, 1.807) is 13.0 Å². The van der Waals surface area contributed by atoms with Gasteiger partial charge in [0.2, 0.25) is 0 Å². The number of esters is 1. The van der Waals surface area contributed by atoms with Crippen molar-refractivity contribution in [3.05, 3.63) is 42.0 Å². The van der Waals surface area contributed by atoms with Crippen molar-refractivity contribution in [2.24, 2.45) is 5.84 Å². The third-order valence-electron chi connectivity index (χ3n) is 2.42. The molecule has 0 unspecified atom stereocenters. The van der Waals surface area contributed by atoms with Gasteiger partial charge in [0.1, 0.15) is 5.00 Å². The Labute approximate surface area is 109 Å². The summed E-state index contributed by atoms with van der Waals surface area (Å²) in [6, 6.07) is 11.6. The summed E-state index contributed by atoms with van der Waals surface area (Å²) in [5.41, 5.74) is 4.07. The molecule has 0 fully saturated rings. The fourth-order valence-corrected chi connectivity index (χ4v) is 2.57. The third kappa shape index (κ3) is 2.52. The van der Waals surface area contributed by atoms with E-state index in [4.69, 9.17) is 10.6 Å². The fourth-order valence-electron chi connectivity index (χ4n) is 1.60. The van der Waals surface area contributed by atoms with Gasteiger partial charge >= 0.3 is 5.97 Å². The lowest BCUT2D eigenvalue weighted by Crippen LogP contribution is -2.11. The maximum atomic E-state index is 11.8. The zero-order chi connectivity index (χ0) is 13.0. The molecule has 0 spiro atoms. The Hall–Kier alpha value is -1.85. The Balaban J connectivity index is 2.38. The topological polar surface area (TPSA) is 64.3 Å². The predicted octanol–water partition coefficient (Wildman–Crippen LogP) is 2.88. The summed E-state index contributed by atoms with van der Waals surface area (Å²) in [5, 5.41) is 0.618. The van der Waals surface area contributed by atoms with Crippen LogP contribution in [0.5, 0.6) is 0 Å². The van der Waals surface area contributed by atoms with Crippen LogP contribution in [0.3, 0.4) is 0 Å². The van der Waals surface area contributed by atoms with E-state index in [0.29, 0.717) is 17.2 Å². The molecule has 0 amide bonds. The zero-order valence-corrected chi connectivity index (χ0v) is 10.8. The molecule has 3 N–H and O–H groups in total. The minimum absolute atomic E-state index is 0.347. The number of hydrogen-bond acceptors (Lipinski definition) is 5. The number of hydrogen-bond donors (Lipinski definition) is 2. The summed E-state index contributed by atoms with van der Waals surface area (Å²) < 4.78 is 4.99. The largest absolute Gasteiger partial charge is 0.462 e. The Bertz CT molecular complexity index is 537. The van der Waals surface area contributed by atoms with E-state index in [9.17, 15) is 4.79 Å². The first kappa shape index (κ1) is 12.6. The standard InChI is InChI=1S/C13H14N2O2S/c1-2-17-13(16)10-8-11(18-12(10)15-14)9-6-4-3-5-7-9/h3-8,15H,2,14H2,1H3. The maximum Gasteiger partial charge on any atom is 0.341 e. The van der Waals surface area contributed by atoms with Gasteiger partial charge in [-0.3, -0.25) is 0 Å². The molecule has 18 heavy (non-hydrogen) atoms. The molecule has 2 rings (SSSR count). The average molecular weight is 262 g/mol. The second-order valence-corrected chi connectivity index (χ2v) is 4.64. The van der Waals surface area contributed by atoms with Crippen LogP contribution in [0.25, 0.3) is 10.4 Å². The molecule has 0 bridgehead atoms. The van der Waals surface area contributed by atoms with Gasteiger partial charge in [0, 0.05) is 4.88 Å². The van der Waals surface area contributed by atoms with Crippen LogP contribution >= 0.6 is 11.3 Å². The van der Waals surface area contributed by atoms with Crippen LogP contribution in [-0.2, 0) is 4.74 Å². The number of ether oxygens (including phenoxy) is 1. The SMILES string of the molecule is CCOC(=O)c1cc(-c2ccccc2)sc1NN. The van der Waals surface area contributed by atoms with Gasteiger partial charge in [0.05, 0.1) is 12.2 Å². The minimum atomic E-state index is -0.358. The molecular weight excluding hydrogens is 248 g/mol. The molecule has 0 saturated heterocycles. The van der Waals surface area contributed by atoms with E-state index >= 15 is 0 Å². The van der Waals surface area contributed by atoms with Gasteiger partial charge in [-0.1, -0.05) is 30.3 Å².